The van der Waals surface area contributed by atoms with Gasteiger partial charge in [0, 0.05) is 16.8 Å². The lowest BCUT2D eigenvalue weighted by atomic mass is 10.0. The number of fused-ring (bicyclic) bond motifs is 1. The molecule has 0 amide bonds. The molecule has 0 radical (unpaired) electrons. The van der Waals surface area contributed by atoms with Crippen LogP contribution in [0.5, 0.6) is 6.01 Å². The molecule has 0 spiro atoms. The number of aromatic amines is 2. The van der Waals surface area contributed by atoms with Gasteiger partial charge in [-0.15, -0.1) is 0 Å². The van der Waals surface area contributed by atoms with E-state index in [0.717, 1.165) is 33.5 Å². The Kier molecular flexibility index (Phi) is 2.33. The predicted molar refractivity (Wildman–Crippen MR) is 69.7 cm³/mol. The summed E-state index contributed by atoms with van der Waals surface area (Å²) >= 11 is 0. The van der Waals surface area contributed by atoms with E-state index in [1.807, 2.05) is 32.0 Å². The maximum absolute atomic E-state index is 5.14. The number of para-hydroxylation sites is 1. The molecule has 3 rings (SSSR count). The number of ether oxygens (including phenoxy) is 1. The van der Waals surface area contributed by atoms with Gasteiger partial charge in [0.15, 0.2) is 0 Å². The molecule has 2 heterocycles. The van der Waals surface area contributed by atoms with Crippen molar-refractivity contribution >= 4 is 11.0 Å². The number of nitrogens with one attached hydrogen (secondary N) is 2. The minimum absolute atomic E-state index is 0.524. The number of aromatic nitrogens is 4. The highest BCUT2D eigenvalue weighted by Gasteiger charge is 2.14. The molecule has 5 heteroatoms. The normalized spacial score (nSPS) is 11.1. The Bertz CT molecular complexity index is 691. The molecule has 0 fully saturated rings. The van der Waals surface area contributed by atoms with Gasteiger partial charge in [0.25, 0.3) is 6.01 Å². The average Bonchev–Trinajstić information content (AvgIpc) is 2.93. The first-order chi connectivity index (χ1) is 8.70. The number of H-pyrrole nitrogens is 2. The zero-order valence-electron chi connectivity index (χ0n) is 10.5. The predicted octanol–water partition coefficient (Wildman–Crippen LogP) is 2.58. The third-order valence-electron chi connectivity index (χ3n) is 3.08. The van der Waals surface area contributed by atoms with Crippen LogP contribution >= 0.6 is 0 Å². The third kappa shape index (κ3) is 1.48. The van der Waals surface area contributed by atoms with Crippen LogP contribution in [0.4, 0.5) is 0 Å². The number of rotatable bonds is 2. The highest BCUT2D eigenvalue weighted by atomic mass is 16.5. The summed E-state index contributed by atoms with van der Waals surface area (Å²) in [6.07, 6.45) is 0. The van der Waals surface area contributed by atoms with E-state index in [0.29, 0.717) is 6.01 Å². The van der Waals surface area contributed by atoms with Gasteiger partial charge in [-0.2, -0.15) is 10.1 Å². The van der Waals surface area contributed by atoms with Crippen LogP contribution in [0, 0.1) is 13.8 Å². The second-order valence-corrected chi connectivity index (χ2v) is 4.26. The van der Waals surface area contributed by atoms with Crippen LogP contribution in [0.1, 0.15) is 11.4 Å². The fraction of sp³-hybridized carbons (Fsp3) is 0.231. The molecule has 0 bridgehead atoms. The number of nitrogens with zero attached hydrogens (tertiary/aromatic N) is 2. The van der Waals surface area contributed by atoms with Crippen molar-refractivity contribution in [3.63, 3.8) is 0 Å². The van der Waals surface area contributed by atoms with E-state index in [1.54, 1.807) is 7.11 Å². The van der Waals surface area contributed by atoms with E-state index in [1.165, 1.54) is 0 Å². The average molecular weight is 242 g/mol. The largest absolute Gasteiger partial charge is 0.468 e. The van der Waals surface area contributed by atoms with Crippen molar-refractivity contribution in [2.75, 3.05) is 7.11 Å². The first kappa shape index (κ1) is 10.8. The number of imidazole rings is 1. The Balaban J connectivity index is 2.32. The van der Waals surface area contributed by atoms with Gasteiger partial charge in [-0.05, 0) is 19.9 Å². The summed E-state index contributed by atoms with van der Waals surface area (Å²) in [4.78, 5) is 7.57. The topological polar surface area (TPSA) is 66.6 Å². The highest BCUT2D eigenvalue weighted by molar-refractivity contribution is 5.93. The van der Waals surface area contributed by atoms with E-state index < -0.39 is 0 Å². The molecular weight excluding hydrogens is 228 g/mol. The summed E-state index contributed by atoms with van der Waals surface area (Å²) in [5, 5.41) is 7.23. The van der Waals surface area contributed by atoms with Crippen molar-refractivity contribution in [3.05, 3.63) is 29.6 Å². The van der Waals surface area contributed by atoms with Crippen molar-refractivity contribution < 1.29 is 4.74 Å². The summed E-state index contributed by atoms with van der Waals surface area (Å²) in [7, 11) is 1.60. The number of aryl methyl sites for hydroxylation is 2. The Morgan fingerprint density at radius 2 is 2.06 bits per heavy atom. The molecule has 0 saturated carbocycles. The van der Waals surface area contributed by atoms with Gasteiger partial charge in [-0.25, -0.2) is 0 Å². The number of methoxy groups -OCH3 is 1. The smallest absolute Gasteiger partial charge is 0.294 e. The minimum Gasteiger partial charge on any atom is -0.468 e. The van der Waals surface area contributed by atoms with Crippen LogP contribution < -0.4 is 4.74 Å². The van der Waals surface area contributed by atoms with Crippen molar-refractivity contribution in [3.8, 4) is 17.1 Å². The molecule has 18 heavy (non-hydrogen) atoms. The first-order valence-corrected chi connectivity index (χ1v) is 5.75. The van der Waals surface area contributed by atoms with E-state index in [-0.39, 0.29) is 0 Å². The standard InChI is InChI=1S/C13H14N4O/c1-7-11(8(2)17-16-7)9-5-4-6-10-12(9)15-13(14-10)18-3/h4-6H,1-3H3,(H,14,15)(H,16,17). The van der Waals surface area contributed by atoms with E-state index in [4.69, 9.17) is 4.74 Å². The number of hydrogen-bond acceptors (Lipinski definition) is 3. The molecule has 0 atom stereocenters. The Morgan fingerprint density at radius 1 is 1.22 bits per heavy atom. The molecule has 5 nitrogen and oxygen atoms in total. The molecule has 92 valence electrons. The third-order valence-corrected chi connectivity index (χ3v) is 3.08. The molecule has 0 unspecified atom stereocenters. The fourth-order valence-electron chi connectivity index (χ4n) is 2.26. The number of hydrogen-bond donors (Lipinski definition) is 2. The monoisotopic (exact) mass is 242 g/mol. The lowest BCUT2D eigenvalue weighted by Crippen LogP contribution is -1.85. The molecule has 0 saturated heterocycles. The Labute approximate surface area is 104 Å². The maximum atomic E-state index is 5.14. The van der Waals surface area contributed by atoms with Gasteiger partial charge < -0.3 is 9.72 Å². The van der Waals surface area contributed by atoms with E-state index >= 15 is 0 Å². The molecule has 2 aromatic heterocycles. The molecule has 0 aliphatic heterocycles. The van der Waals surface area contributed by atoms with Crippen molar-refractivity contribution in [1.82, 2.24) is 20.2 Å². The van der Waals surface area contributed by atoms with Crippen LogP contribution in [-0.2, 0) is 0 Å². The zero-order valence-corrected chi connectivity index (χ0v) is 10.5. The van der Waals surface area contributed by atoms with Crippen LogP contribution in [0.25, 0.3) is 22.2 Å². The summed E-state index contributed by atoms with van der Waals surface area (Å²) in [6.45, 7) is 4.00. The second kappa shape index (κ2) is 3.87. The summed E-state index contributed by atoms with van der Waals surface area (Å²) in [5.74, 6) is 0. The van der Waals surface area contributed by atoms with Crippen LogP contribution in [0.15, 0.2) is 18.2 Å². The molecule has 0 aliphatic carbocycles. The van der Waals surface area contributed by atoms with E-state index in [2.05, 4.69) is 20.2 Å². The Hall–Kier alpha value is -2.30. The van der Waals surface area contributed by atoms with Crippen LogP contribution in [0.2, 0.25) is 0 Å². The molecule has 1 aromatic carbocycles. The quantitative estimate of drug-likeness (QED) is 0.725. The highest BCUT2D eigenvalue weighted by Crippen LogP contribution is 2.31. The summed E-state index contributed by atoms with van der Waals surface area (Å²) in [6, 6.07) is 6.56. The van der Waals surface area contributed by atoms with Crippen molar-refractivity contribution in [2.24, 2.45) is 0 Å². The van der Waals surface area contributed by atoms with Gasteiger partial charge in [0.1, 0.15) is 5.52 Å². The van der Waals surface area contributed by atoms with Gasteiger partial charge in [-0.1, -0.05) is 12.1 Å². The second-order valence-electron chi connectivity index (χ2n) is 4.26. The van der Waals surface area contributed by atoms with Crippen LogP contribution in [0.3, 0.4) is 0 Å². The number of benzene rings is 1. The van der Waals surface area contributed by atoms with Crippen molar-refractivity contribution in [1.29, 1.82) is 0 Å². The minimum atomic E-state index is 0.524. The maximum Gasteiger partial charge on any atom is 0.294 e. The Morgan fingerprint density at radius 3 is 2.72 bits per heavy atom. The lowest BCUT2D eigenvalue weighted by Gasteiger charge is -2.02. The van der Waals surface area contributed by atoms with Crippen molar-refractivity contribution in [2.45, 2.75) is 13.8 Å². The first-order valence-electron chi connectivity index (χ1n) is 5.75. The SMILES string of the molecule is COc1nc2c(-c3c(C)n[nH]c3C)cccc2[nH]1. The fourth-order valence-corrected chi connectivity index (χ4v) is 2.26. The van der Waals surface area contributed by atoms with Gasteiger partial charge >= 0.3 is 0 Å². The van der Waals surface area contributed by atoms with Gasteiger partial charge in [-0.3, -0.25) is 5.10 Å². The molecule has 0 aliphatic rings. The van der Waals surface area contributed by atoms with Gasteiger partial charge in [0.2, 0.25) is 0 Å². The summed E-state index contributed by atoms with van der Waals surface area (Å²) in [5.41, 5.74) is 6.06. The molecular formula is C13H14N4O. The molecule has 3 aromatic rings. The lowest BCUT2D eigenvalue weighted by molar-refractivity contribution is 0.386. The zero-order chi connectivity index (χ0) is 12.7. The molecule has 2 N–H and O–H groups in total. The summed E-state index contributed by atoms with van der Waals surface area (Å²) < 4.78 is 5.14. The van der Waals surface area contributed by atoms with E-state index in [9.17, 15) is 0 Å². The van der Waals surface area contributed by atoms with Crippen LogP contribution in [-0.4, -0.2) is 27.3 Å². The van der Waals surface area contributed by atoms with Gasteiger partial charge in [0.05, 0.1) is 18.3 Å².